The molecule has 0 radical (unpaired) electrons. The molecule has 0 fully saturated rings. The highest BCUT2D eigenvalue weighted by Crippen LogP contribution is 2.20. The second kappa shape index (κ2) is 6.91. The lowest BCUT2D eigenvalue weighted by atomic mass is 10.2. The van der Waals surface area contributed by atoms with Crippen LogP contribution in [-0.4, -0.2) is 39.1 Å². The number of thioether (sulfide) groups is 1. The molecular weight excluding hydrogens is 274 g/mol. The first-order valence-electron chi connectivity index (χ1n) is 6.15. The first-order valence-corrected chi connectivity index (χ1v) is 7.30. The van der Waals surface area contributed by atoms with Crippen molar-refractivity contribution in [3.63, 3.8) is 0 Å². The number of fused-ring (bicyclic) bond motifs is 1. The summed E-state index contributed by atoms with van der Waals surface area (Å²) in [5.41, 5.74) is 0.626. The van der Waals surface area contributed by atoms with Gasteiger partial charge in [-0.3, -0.25) is 0 Å². The quantitative estimate of drug-likeness (QED) is 0.603. The number of carbonyl (C=O) groups is 1. The van der Waals surface area contributed by atoms with E-state index in [9.17, 15) is 4.79 Å². The Morgan fingerprint density at radius 1 is 1.40 bits per heavy atom. The van der Waals surface area contributed by atoms with Crippen LogP contribution < -0.4 is 5.32 Å². The molecule has 1 aromatic heterocycles. The van der Waals surface area contributed by atoms with Crippen molar-refractivity contribution in [2.24, 2.45) is 0 Å². The van der Waals surface area contributed by atoms with Gasteiger partial charge >= 0.3 is 5.97 Å². The van der Waals surface area contributed by atoms with E-state index in [4.69, 9.17) is 5.11 Å². The number of nitrogens with one attached hydrogen (secondary N) is 1. The van der Waals surface area contributed by atoms with E-state index in [1.54, 1.807) is 17.8 Å². The van der Waals surface area contributed by atoms with Crippen LogP contribution in [-0.2, 0) is 0 Å². The minimum atomic E-state index is -1.13. The first kappa shape index (κ1) is 14.3. The zero-order valence-electron chi connectivity index (χ0n) is 10.9. The molecule has 20 heavy (non-hydrogen) atoms. The normalized spacial score (nSPS) is 10.4. The summed E-state index contributed by atoms with van der Waals surface area (Å²) in [6.07, 6.45) is 1.85. The lowest BCUT2D eigenvalue weighted by Crippen LogP contribution is -2.11. The highest BCUT2D eigenvalue weighted by atomic mass is 32.2. The monoisotopic (exact) mass is 289 g/mol. The molecule has 2 rings (SSSR count). The van der Waals surface area contributed by atoms with Crippen LogP contribution in [0, 0.1) is 0 Å². The van der Waals surface area contributed by atoms with Crippen LogP contribution in [0.2, 0.25) is 0 Å². The van der Waals surface area contributed by atoms with Crippen LogP contribution in [0.5, 0.6) is 0 Å². The van der Waals surface area contributed by atoms with Crippen molar-refractivity contribution in [1.82, 2.24) is 9.97 Å². The molecule has 0 bridgehead atoms. The van der Waals surface area contributed by atoms with Crippen molar-refractivity contribution in [2.45, 2.75) is 0 Å². The zero-order chi connectivity index (χ0) is 14.4. The third-order valence-corrected chi connectivity index (χ3v) is 3.53. The Labute approximate surface area is 121 Å². The van der Waals surface area contributed by atoms with E-state index in [1.807, 2.05) is 24.3 Å². The number of aromatic carboxylic acids is 1. The van der Waals surface area contributed by atoms with Crippen molar-refractivity contribution in [3.8, 4) is 0 Å². The molecule has 0 aliphatic rings. The fourth-order valence-corrected chi connectivity index (χ4v) is 2.29. The van der Waals surface area contributed by atoms with Gasteiger partial charge < -0.3 is 10.4 Å². The molecule has 0 saturated heterocycles. The number of hydrogen-bond acceptors (Lipinski definition) is 5. The molecule has 6 heteroatoms. The Hall–Kier alpha value is -2.08. The number of carboxylic acids is 1. The summed E-state index contributed by atoms with van der Waals surface area (Å²) in [7, 11) is 0. The number of carboxylic acid groups (broad SMARTS) is 1. The molecule has 0 aliphatic carbocycles. The highest BCUT2D eigenvalue weighted by Gasteiger charge is 2.12. The average Bonchev–Trinajstić information content (AvgIpc) is 2.46. The van der Waals surface area contributed by atoms with Crippen molar-refractivity contribution >= 4 is 34.5 Å². The molecule has 104 valence electrons. The zero-order valence-corrected chi connectivity index (χ0v) is 11.7. The summed E-state index contributed by atoms with van der Waals surface area (Å²) in [5, 5.41) is 13.0. The molecular formula is C14H15N3O2S. The standard InChI is InChI=1S/C14H15N3O2S/c1-2-8-20-9-7-15-12-10-5-3-4-6-11(10)16-13(17-12)14(18)19/h2-6H,1,7-9H2,(H,18,19)(H,15,16,17). The predicted octanol–water partition coefficient (Wildman–Crippen LogP) is 2.66. The topological polar surface area (TPSA) is 75.1 Å². The Bertz CT molecular complexity index is 631. The maximum absolute atomic E-state index is 11.0. The number of anilines is 1. The largest absolute Gasteiger partial charge is 0.475 e. The summed E-state index contributed by atoms with van der Waals surface area (Å²) >= 11 is 1.75. The maximum Gasteiger partial charge on any atom is 0.374 e. The van der Waals surface area contributed by atoms with E-state index in [2.05, 4.69) is 21.9 Å². The first-order chi connectivity index (χ1) is 9.72. The Morgan fingerprint density at radius 2 is 2.20 bits per heavy atom. The Balaban J connectivity index is 2.21. The van der Waals surface area contributed by atoms with Gasteiger partial charge in [0.15, 0.2) is 0 Å². The predicted molar refractivity (Wildman–Crippen MR) is 82.5 cm³/mol. The Kier molecular flexibility index (Phi) is 4.95. The smallest absolute Gasteiger partial charge is 0.374 e. The van der Waals surface area contributed by atoms with Gasteiger partial charge in [-0.15, -0.1) is 6.58 Å². The van der Waals surface area contributed by atoms with Gasteiger partial charge in [-0.05, 0) is 12.1 Å². The lowest BCUT2D eigenvalue weighted by Gasteiger charge is -2.09. The maximum atomic E-state index is 11.0. The summed E-state index contributed by atoms with van der Waals surface area (Å²) < 4.78 is 0. The van der Waals surface area contributed by atoms with Gasteiger partial charge in [-0.2, -0.15) is 11.8 Å². The van der Waals surface area contributed by atoms with Gasteiger partial charge in [0.25, 0.3) is 0 Å². The second-order valence-electron chi connectivity index (χ2n) is 4.01. The van der Waals surface area contributed by atoms with Crippen LogP contribution in [0.25, 0.3) is 10.9 Å². The average molecular weight is 289 g/mol. The van der Waals surface area contributed by atoms with Gasteiger partial charge in [-0.1, -0.05) is 18.2 Å². The number of benzene rings is 1. The van der Waals surface area contributed by atoms with E-state index in [1.165, 1.54) is 0 Å². The summed E-state index contributed by atoms with van der Waals surface area (Å²) in [4.78, 5) is 19.1. The van der Waals surface area contributed by atoms with Gasteiger partial charge in [0.2, 0.25) is 5.82 Å². The van der Waals surface area contributed by atoms with E-state index >= 15 is 0 Å². The van der Waals surface area contributed by atoms with Crippen molar-refractivity contribution in [3.05, 3.63) is 42.7 Å². The van der Waals surface area contributed by atoms with Gasteiger partial charge in [0.05, 0.1) is 5.52 Å². The fourth-order valence-electron chi connectivity index (χ4n) is 1.72. The van der Waals surface area contributed by atoms with Crippen molar-refractivity contribution in [2.75, 3.05) is 23.4 Å². The van der Waals surface area contributed by atoms with E-state index in [-0.39, 0.29) is 5.82 Å². The van der Waals surface area contributed by atoms with Crippen LogP contribution in [0.15, 0.2) is 36.9 Å². The van der Waals surface area contributed by atoms with Gasteiger partial charge in [0, 0.05) is 23.4 Å². The molecule has 0 unspecified atom stereocenters. The van der Waals surface area contributed by atoms with Crippen LogP contribution in [0.1, 0.15) is 10.6 Å². The molecule has 2 aromatic rings. The minimum Gasteiger partial charge on any atom is -0.475 e. The summed E-state index contributed by atoms with van der Waals surface area (Å²) in [6.45, 7) is 4.37. The molecule has 0 spiro atoms. The van der Waals surface area contributed by atoms with E-state index < -0.39 is 5.97 Å². The number of aromatic nitrogens is 2. The van der Waals surface area contributed by atoms with Gasteiger partial charge in [-0.25, -0.2) is 14.8 Å². The van der Waals surface area contributed by atoms with Gasteiger partial charge in [0.1, 0.15) is 5.82 Å². The molecule has 0 saturated carbocycles. The summed E-state index contributed by atoms with van der Waals surface area (Å²) in [5.74, 6) is 1.04. The van der Waals surface area contributed by atoms with Crippen molar-refractivity contribution in [1.29, 1.82) is 0 Å². The molecule has 0 amide bonds. The van der Waals surface area contributed by atoms with E-state index in [0.29, 0.717) is 17.9 Å². The molecule has 1 aromatic carbocycles. The number of nitrogens with zero attached hydrogens (tertiary/aromatic N) is 2. The molecule has 5 nitrogen and oxygen atoms in total. The van der Waals surface area contributed by atoms with Crippen LogP contribution >= 0.6 is 11.8 Å². The minimum absolute atomic E-state index is 0.190. The fraction of sp³-hybridized carbons (Fsp3) is 0.214. The third kappa shape index (κ3) is 3.48. The summed E-state index contributed by atoms with van der Waals surface area (Å²) in [6, 6.07) is 7.36. The SMILES string of the molecule is C=CCSCCNc1nc(C(=O)O)nc2ccccc12. The highest BCUT2D eigenvalue weighted by molar-refractivity contribution is 7.99. The lowest BCUT2D eigenvalue weighted by molar-refractivity contribution is 0.0684. The van der Waals surface area contributed by atoms with E-state index in [0.717, 1.165) is 16.9 Å². The third-order valence-electron chi connectivity index (χ3n) is 2.57. The Morgan fingerprint density at radius 3 is 2.95 bits per heavy atom. The molecule has 2 N–H and O–H groups in total. The van der Waals surface area contributed by atoms with Crippen LogP contribution in [0.4, 0.5) is 5.82 Å². The molecule has 0 atom stereocenters. The molecule has 0 aliphatic heterocycles. The van der Waals surface area contributed by atoms with Crippen LogP contribution in [0.3, 0.4) is 0 Å². The second-order valence-corrected chi connectivity index (χ2v) is 5.16. The number of hydrogen-bond donors (Lipinski definition) is 2. The van der Waals surface area contributed by atoms with Crippen molar-refractivity contribution < 1.29 is 9.90 Å². The number of rotatable bonds is 7. The molecule has 1 heterocycles. The number of para-hydroxylation sites is 1.